The van der Waals surface area contributed by atoms with Gasteiger partial charge in [0.1, 0.15) is 5.82 Å². The number of aromatic amines is 1. The molecule has 18 heavy (non-hydrogen) atoms. The van der Waals surface area contributed by atoms with Crippen molar-refractivity contribution in [3.63, 3.8) is 0 Å². The van der Waals surface area contributed by atoms with E-state index >= 15 is 0 Å². The number of nitrogens with zero attached hydrogens (tertiary/aromatic N) is 1. The van der Waals surface area contributed by atoms with E-state index in [1.165, 1.54) is 6.92 Å². The zero-order valence-corrected chi connectivity index (χ0v) is 10.3. The van der Waals surface area contributed by atoms with Gasteiger partial charge in [0.15, 0.2) is 0 Å². The fraction of sp³-hybridized carbons (Fsp3) is 0.231. The third-order valence-corrected chi connectivity index (χ3v) is 2.60. The van der Waals surface area contributed by atoms with Crippen molar-refractivity contribution in [2.75, 3.05) is 5.32 Å². The van der Waals surface area contributed by atoms with E-state index < -0.39 is 0 Å². The summed E-state index contributed by atoms with van der Waals surface area (Å²) >= 11 is 0. The van der Waals surface area contributed by atoms with E-state index in [1.54, 1.807) is 0 Å². The predicted molar refractivity (Wildman–Crippen MR) is 69.0 cm³/mol. The Morgan fingerprint density at radius 3 is 2.89 bits per heavy atom. The molecule has 1 aromatic heterocycles. The van der Waals surface area contributed by atoms with Crippen LogP contribution in [-0.4, -0.2) is 21.0 Å². The molecule has 1 amide bonds. The molecule has 0 radical (unpaired) electrons. The number of aromatic nitrogens is 2. The molecule has 3 N–H and O–H groups in total. The second-order valence-corrected chi connectivity index (χ2v) is 4.07. The fourth-order valence-corrected chi connectivity index (χ4v) is 1.73. The number of H-pyrrole nitrogens is 1. The molecule has 94 valence electrons. The van der Waals surface area contributed by atoms with Crippen LogP contribution in [0.3, 0.4) is 0 Å². The van der Waals surface area contributed by atoms with E-state index in [4.69, 9.17) is 5.11 Å². The summed E-state index contributed by atoms with van der Waals surface area (Å²) in [4.78, 5) is 18.4. The lowest BCUT2D eigenvalue weighted by molar-refractivity contribution is -0.114. The summed E-state index contributed by atoms with van der Waals surface area (Å²) in [6.07, 6.45) is 0. The summed E-state index contributed by atoms with van der Waals surface area (Å²) < 4.78 is 0. The van der Waals surface area contributed by atoms with E-state index in [1.807, 2.05) is 31.2 Å². The minimum absolute atomic E-state index is 0.0653. The van der Waals surface area contributed by atoms with E-state index in [2.05, 4.69) is 15.3 Å². The molecule has 5 heteroatoms. The molecule has 5 nitrogen and oxygen atoms in total. The van der Waals surface area contributed by atoms with E-state index in [0.717, 1.165) is 16.9 Å². The van der Waals surface area contributed by atoms with Crippen molar-refractivity contribution in [1.29, 1.82) is 0 Å². The van der Waals surface area contributed by atoms with E-state index in [0.29, 0.717) is 11.5 Å². The number of amides is 1. The van der Waals surface area contributed by atoms with Crippen LogP contribution in [0.15, 0.2) is 24.3 Å². The zero-order chi connectivity index (χ0) is 13.1. The van der Waals surface area contributed by atoms with Gasteiger partial charge in [0, 0.05) is 18.2 Å². The first-order valence-electron chi connectivity index (χ1n) is 5.64. The van der Waals surface area contributed by atoms with Gasteiger partial charge < -0.3 is 15.4 Å². The molecule has 0 bridgehead atoms. The quantitative estimate of drug-likeness (QED) is 0.772. The normalized spacial score (nSPS) is 10.4. The number of anilines is 1. The summed E-state index contributed by atoms with van der Waals surface area (Å²) in [5.74, 6) is 0.572. The van der Waals surface area contributed by atoms with Crippen LogP contribution in [0.1, 0.15) is 18.3 Å². The Bertz CT molecular complexity index is 575. The number of hydrogen-bond donors (Lipinski definition) is 3. The van der Waals surface area contributed by atoms with Gasteiger partial charge in [-0.3, -0.25) is 4.79 Å². The van der Waals surface area contributed by atoms with Crippen LogP contribution < -0.4 is 5.32 Å². The largest absolute Gasteiger partial charge is 0.390 e. The van der Waals surface area contributed by atoms with Gasteiger partial charge in [-0.2, -0.15) is 0 Å². The zero-order valence-electron chi connectivity index (χ0n) is 10.3. The molecule has 0 atom stereocenters. The highest BCUT2D eigenvalue weighted by molar-refractivity contribution is 5.89. The summed E-state index contributed by atoms with van der Waals surface area (Å²) in [7, 11) is 0. The van der Waals surface area contributed by atoms with Crippen molar-refractivity contribution in [2.24, 2.45) is 0 Å². The Balaban J connectivity index is 2.34. The van der Waals surface area contributed by atoms with Crippen molar-refractivity contribution in [3.05, 3.63) is 35.7 Å². The monoisotopic (exact) mass is 245 g/mol. The van der Waals surface area contributed by atoms with Gasteiger partial charge in [-0.15, -0.1) is 0 Å². The fourth-order valence-electron chi connectivity index (χ4n) is 1.73. The smallest absolute Gasteiger partial charge is 0.221 e. The maximum atomic E-state index is 11.0. The molecule has 0 fully saturated rings. The van der Waals surface area contributed by atoms with Gasteiger partial charge >= 0.3 is 0 Å². The number of rotatable bonds is 3. The average Bonchev–Trinajstić information content (AvgIpc) is 2.70. The van der Waals surface area contributed by atoms with Crippen molar-refractivity contribution >= 4 is 11.6 Å². The molecule has 0 aliphatic carbocycles. The number of aryl methyl sites for hydroxylation is 1. The van der Waals surface area contributed by atoms with Gasteiger partial charge in [0.05, 0.1) is 18.0 Å². The lowest BCUT2D eigenvalue weighted by Crippen LogP contribution is -2.05. The first-order valence-corrected chi connectivity index (χ1v) is 5.64. The third-order valence-electron chi connectivity index (χ3n) is 2.60. The molecule has 0 saturated heterocycles. The van der Waals surface area contributed by atoms with Crippen LogP contribution in [0.2, 0.25) is 0 Å². The SMILES string of the molecule is CC(=O)Nc1cccc(-c2nc(C)c(CO)[nH]2)c1. The first-order chi connectivity index (χ1) is 8.60. The number of imidazole rings is 1. The molecule has 0 aliphatic rings. The molecule has 2 aromatic rings. The number of carbonyl (C=O) groups excluding carboxylic acids is 1. The maximum Gasteiger partial charge on any atom is 0.221 e. The topological polar surface area (TPSA) is 78.0 Å². The molecular formula is C13H15N3O2. The minimum atomic E-state index is -0.112. The highest BCUT2D eigenvalue weighted by atomic mass is 16.3. The van der Waals surface area contributed by atoms with E-state index in [-0.39, 0.29) is 12.5 Å². The van der Waals surface area contributed by atoms with Crippen LogP contribution in [0, 0.1) is 6.92 Å². The number of nitrogens with one attached hydrogen (secondary N) is 2. The lowest BCUT2D eigenvalue weighted by atomic mass is 10.2. The number of benzene rings is 1. The Morgan fingerprint density at radius 1 is 1.50 bits per heavy atom. The molecule has 0 unspecified atom stereocenters. The minimum Gasteiger partial charge on any atom is -0.390 e. The molecule has 1 aromatic carbocycles. The molecule has 0 saturated carbocycles. The Labute approximate surface area is 105 Å². The van der Waals surface area contributed by atoms with E-state index in [9.17, 15) is 4.79 Å². The Hall–Kier alpha value is -2.14. The van der Waals surface area contributed by atoms with Crippen LogP contribution >= 0.6 is 0 Å². The van der Waals surface area contributed by atoms with Gasteiger partial charge in [-0.25, -0.2) is 4.98 Å². The van der Waals surface area contributed by atoms with Crippen molar-refractivity contribution in [2.45, 2.75) is 20.5 Å². The van der Waals surface area contributed by atoms with Crippen molar-refractivity contribution in [3.8, 4) is 11.4 Å². The predicted octanol–water partition coefficient (Wildman–Crippen LogP) is 1.84. The highest BCUT2D eigenvalue weighted by Gasteiger charge is 2.08. The summed E-state index contributed by atoms with van der Waals surface area (Å²) in [6.45, 7) is 3.24. The van der Waals surface area contributed by atoms with Crippen molar-refractivity contribution in [1.82, 2.24) is 9.97 Å². The van der Waals surface area contributed by atoms with Crippen LogP contribution in [-0.2, 0) is 11.4 Å². The van der Waals surface area contributed by atoms with Gasteiger partial charge in [-0.05, 0) is 19.1 Å². The first kappa shape index (κ1) is 12.3. The standard InChI is InChI=1S/C13H15N3O2/c1-8-12(7-17)16-13(14-8)10-4-3-5-11(6-10)15-9(2)18/h3-6,17H,7H2,1-2H3,(H,14,16)(H,15,18). The molecule has 0 aliphatic heterocycles. The third kappa shape index (κ3) is 2.57. The molecule has 1 heterocycles. The summed E-state index contributed by atoms with van der Waals surface area (Å²) in [6, 6.07) is 7.39. The highest BCUT2D eigenvalue weighted by Crippen LogP contribution is 2.21. The maximum absolute atomic E-state index is 11.0. The average molecular weight is 245 g/mol. The van der Waals surface area contributed by atoms with Crippen LogP contribution in [0.4, 0.5) is 5.69 Å². The number of carbonyl (C=O) groups is 1. The number of aliphatic hydroxyl groups is 1. The molecular weight excluding hydrogens is 230 g/mol. The Morgan fingerprint density at radius 2 is 2.28 bits per heavy atom. The van der Waals surface area contributed by atoms with Gasteiger partial charge in [0.25, 0.3) is 0 Å². The molecule has 2 rings (SSSR count). The second-order valence-electron chi connectivity index (χ2n) is 4.07. The lowest BCUT2D eigenvalue weighted by Gasteiger charge is -2.03. The summed E-state index contributed by atoms with van der Waals surface area (Å²) in [5, 5.41) is 11.8. The Kier molecular flexibility index (Phi) is 3.43. The summed E-state index contributed by atoms with van der Waals surface area (Å²) in [5.41, 5.74) is 3.07. The van der Waals surface area contributed by atoms with Gasteiger partial charge in [-0.1, -0.05) is 12.1 Å². The van der Waals surface area contributed by atoms with Gasteiger partial charge in [0.2, 0.25) is 5.91 Å². The number of aliphatic hydroxyl groups excluding tert-OH is 1. The van der Waals surface area contributed by atoms with Crippen molar-refractivity contribution < 1.29 is 9.90 Å². The number of hydrogen-bond acceptors (Lipinski definition) is 3. The van der Waals surface area contributed by atoms with Crippen LogP contribution in [0.5, 0.6) is 0 Å². The second kappa shape index (κ2) is 5.01. The molecule has 0 spiro atoms. The van der Waals surface area contributed by atoms with Crippen LogP contribution in [0.25, 0.3) is 11.4 Å².